The highest BCUT2D eigenvalue weighted by molar-refractivity contribution is 6.01. The van der Waals surface area contributed by atoms with Gasteiger partial charge in [-0.25, -0.2) is 0 Å². The molecule has 0 fully saturated rings. The first-order valence-electron chi connectivity index (χ1n) is 11.3. The van der Waals surface area contributed by atoms with E-state index >= 15 is 0 Å². The molecule has 1 heterocycles. The number of benzene rings is 3. The van der Waals surface area contributed by atoms with Gasteiger partial charge in [-0.3, -0.25) is 4.79 Å². The molecular weight excluding hydrogens is 410 g/mol. The number of Topliss-reactive ketones (excluding diaryl/α,β-unsaturated/α-hetero) is 1. The third-order valence-corrected chi connectivity index (χ3v) is 6.64. The van der Waals surface area contributed by atoms with Gasteiger partial charge in [0.2, 0.25) is 0 Å². The quantitative estimate of drug-likeness (QED) is 0.543. The summed E-state index contributed by atoms with van der Waals surface area (Å²) in [4.78, 5) is 15.7. The first-order valence-corrected chi connectivity index (χ1v) is 11.3. The minimum atomic E-state index is -0.198. The molecule has 0 saturated heterocycles. The summed E-state index contributed by atoms with van der Waals surface area (Å²) in [6.45, 7) is 0. The van der Waals surface area contributed by atoms with Crippen LogP contribution in [0.4, 0.5) is 17.1 Å². The van der Waals surface area contributed by atoms with Crippen molar-refractivity contribution in [3.8, 4) is 5.75 Å². The number of anilines is 3. The molecule has 168 valence electrons. The number of carbonyl (C=O) groups excluding carboxylic acids is 1. The van der Waals surface area contributed by atoms with Crippen LogP contribution in [0.2, 0.25) is 0 Å². The molecule has 3 aromatic carbocycles. The Hall–Kier alpha value is -3.73. The Labute approximate surface area is 195 Å². The SMILES string of the molecule is COc1ccc([C@@H]2CC(=O)C3=C(C2)Nc2ccccc2N[C@@H]3c2ccc(N(C)C)cc2)cc1. The van der Waals surface area contributed by atoms with Gasteiger partial charge in [-0.2, -0.15) is 0 Å². The van der Waals surface area contributed by atoms with Crippen molar-refractivity contribution in [3.05, 3.63) is 95.2 Å². The van der Waals surface area contributed by atoms with E-state index in [1.807, 2.05) is 38.4 Å². The van der Waals surface area contributed by atoms with Crippen molar-refractivity contribution >= 4 is 22.8 Å². The Balaban J connectivity index is 1.55. The summed E-state index contributed by atoms with van der Waals surface area (Å²) >= 11 is 0. The van der Waals surface area contributed by atoms with Gasteiger partial charge in [0, 0.05) is 37.5 Å². The van der Waals surface area contributed by atoms with E-state index in [0.717, 1.165) is 51.6 Å². The summed E-state index contributed by atoms with van der Waals surface area (Å²) in [5.41, 5.74) is 7.23. The topological polar surface area (TPSA) is 53.6 Å². The summed E-state index contributed by atoms with van der Waals surface area (Å²) in [5.74, 6) is 1.15. The maximum atomic E-state index is 13.6. The number of allylic oxidation sites excluding steroid dienone is 1. The fourth-order valence-corrected chi connectivity index (χ4v) is 4.82. The molecule has 2 atom stereocenters. The number of hydrogen-bond donors (Lipinski definition) is 2. The maximum Gasteiger partial charge on any atom is 0.163 e. The van der Waals surface area contributed by atoms with Crippen LogP contribution < -0.4 is 20.3 Å². The van der Waals surface area contributed by atoms with Crippen LogP contribution in [0.1, 0.15) is 35.9 Å². The lowest BCUT2D eigenvalue weighted by Gasteiger charge is -2.30. The number of rotatable bonds is 4. The summed E-state index contributed by atoms with van der Waals surface area (Å²) in [6, 6.07) is 24.5. The average Bonchev–Trinajstić information content (AvgIpc) is 3.01. The Bertz CT molecular complexity index is 1200. The predicted octanol–water partition coefficient (Wildman–Crippen LogP) is 5.74. The van der Waals surface area contributed by atoms with E-state index in [2.05, 4.69) is 64.1 Å². The van der Waals surface area contributed by atoms with E-state index in [1.54, 1.807) is 7.11 Å². The molecule has 0 saturated carbocycles. The molecule has 0 spiro atoms. The van der Waals surface area contributed by atoms with Crippen LogP contribution in [0.15, 0.2) is 84.1 Å². The summed E-state index contributed by atoms with van der Waals surface area (Å²) in [7, 11) is 5.73. The number of ketones is 1. The molecule has 0 unspecified atom stereocenters. The number of methoxy groups -OCH3 is 1. The fraction of sp³-hybridized carbons (Fsp3) is 0.250. The van der Waals surface area contributed by atoms with Crippen molar-refractivity contribution < 1.29 is 9.53 Å². The number of carbonyl (C=O) groups is 1. The molecule has 0 bridgehead atoms. The Morgan fingerprint density at radius 2 is 1.52 bits per heavy atom. The van der Waals surface area contributed by atoms with Gasteiger partial charge < -0.3 is 20.3 Å². The van der Waals surface area contributed by atoms with Gasteiger partial charge in [0.05, 0.1) is 24.5 Å². The molecule has 5 nitrogen and oxygen atoms in total. The molecule has 1 aliphatic heterocycles. The average molecular weight is 440 g/mol. The van der Waals surface area contributed by atoms with E-state index in [4.69, 9.17) is 4.74 Å². The number of para-hydroxylation sites is 2. The van der Waals surface area contributed by atoms with Gasteiger partial charge in [0.15, 0.2) is 5.78 Å². The van der Waals surface area contributed by atoms with E-state index in [9.17, 15) is 4.79 Å². The first kappa shape index (κ1) is 21.1. The fourth-order valence-electron chi connectivity index (χ4n) is 4.82. The van der Waals surface area contributed by atoms with Crippen LogP contribution in [0, 0.1) is 0 Å². The normalized spacial score (nSPS) is 19.5. The summed E-state index contributed by atoms with van der Waals surface area (Å²) < 4.78 is 5.31. The number of hydrogen-bond acceptors (Lipinski definition) is 5. The second-order valence-corrected chi connectivity index (χ2v) is 8.93. The Morgan fingerprint density at radius 3 is 2.18 bits per heavy atom. The van der Waals surface area contributed by atoms with Crippen molar-refractivity contribution in [2.75, 3.05) is 36.7 Å². The minimum Gasteiger partial charge on any atom is -0.497 e. The molecule has 2 N–H and O–H groups in total. The van der Waals surface area contributed by atoms with Crippen molar-refractivity contribution in [3.63, 3.8) is 0 Å². The van der Waals surface area contributed by atoms with Crippen LogP contribution in [-0.4, -0.2) is 27.0 Å². The molecule has 3 aromatic rings. The van der Waals surface area contributed by atoms with Crippen molar-refractivity contribution in [2.24, 2.45) is 0 Å². The third-order valence-electron chi connectivity index (χ3n) is 6.64. The zero-order chi connectivity index (χ0) is 22.9. The lowest BCUT2D eigenvalue weighted by Crippen LogP contribution is -2.26. The van der Waals surface area contributed by atoms with Crippen LogP contribution in [0.25, 0.3) is 0 Å². The third kappa shape index (κ3) is 4.07. The highest BCUT2D eigenvalue weighted by Gasteiger charge is 2.36. The predicted molar refractivity (Wildman–Crippen MR) is 134 cm³/mol. The highest BCUT2D eigenvalue weighted by Crippen LogP contribution is 2.44. The monoisotopic (exact) mass is 439 g/mol. The van der Waals surface area contributed by atoms with Crippen molar-refractivity contribution in [1.29, 1.82) is 0 Å². The van der Waals surface area contributed by atoms with Crippen molar-refractivity contribution in [2.45, 2.75) is 24.8 Å². The van der Waals surface area contributed by atoms with Gasteiger partial charge in [0.25, 0.3) is 0 Å². The van der Waals surface area contributed by atoms with Gasteiger partial charge in [-0.1, -0.05) is 36.4 Å². The highest BCUT2D eigenvalue weighted by atomic mass is 16.5. The van der Waals surface area contributed by atoms with Crippen molar-refractivity contribution in [1.82, 2.24) is 0 Å². The smallest absolute Gasteiger partial charge is 0.163 e. The van der Waals surface area contributed by atoms with E-state index in [0.29, 0.717) is 6.42 Å². The first-order chi connectivity index (χ1) is 16.0. The molecule has 5 heteroatoms. The molecule has 0 amide bonds. The Kier molecular flexibility index (Phi) is 5.55. The number of fused-ring (bicyclic) bond motifs is 1. The molecule has 2 aliphatic rings. The zero-order valence-electron chi connectivity index (χ0n) is 19.3. The maximum absolute atomic E-state index is 13.6. The van der Waals surface area contributed by atoms with Crippen LogP contribution in [0.3, 0.4) is 0 Å². The van der Waals surface area contributed by atoms with Gasteiger partial charge in [-0.05, 0) is 59.9 Å². The minimum absolute atomic E-state index is 0.136. The number of ether oxygens (including phenoxy) is 1. The molecule has 33 heavy (non-hydrogen) atoms. The lowest BCUT2D eigenvalue weighted by molar-refractivity contribution is -0.116. The zero-order valence-corrected chi connectivity index (χ0v) is 19.3. The Morgan fingerprint density at radius 1 is 0.848 bits per heavy atom. The van der Waals surface area contributed by atoms with Crippen LogP contribution in [0.5, 0.6) is 5.75 Å². The van der Waals surface area contributed by atoms with E-state index in [-0.39, 0.29) is 17.7 Å². The standard InChI is InChI=1S/C28H29N3O2/c1-31(2)21-12-8-19(9-13-21)28-27-25(29-23-6-4-5-7-24(23)30-28)16-20(17-26(27)32)18-10-14-22(33-3)15-11-18/h4-15,20,28-30H,16-17H2,1-3H3/t20-,28+/m0/s1. The molecule has 0 radical (unpaired) electrons. The second-order valence-electron chi connectivity index (χ2n) is 8.93. The van der Waals surface area contributed by atoms with Crippen LogP contribution in [-0.2, 0) is 4.79 Å². The van der Waals surface area contributed by atoms with Crippen LogP contribution >= 0.6 is 0 Å². The lowest BCUT2D eigenvalue weighted by atomic mass is 9.78. The van der Waals surface area contributed by atoms with Gasteiger partial charge in [-0.15, -0.1) is 0 Å². The van der Waals surface area contributed by atoms with E-state index in [1.165, 1.54) is 0 Å². The second kappa shape index (κ2) is 8.66. The summed E-state index contributed by atoms with van der Waals surface area (Å²) in [5, 5.41) is 7.26. The summed E-state index contributed by atoms with van der Waals surface area (Å²) in [6.07, 6.45) is 1.28. The van der Waals surface area contributed by atoms with Gasteiger partial charge in [0.1, 0.15) is 5.75 Å². The largest absolute Gasteiger partial charge is 0.497 e. The molecule has 0 aromatic heterocycles. The number of nitrogens with one attached hydrogen (secondary N) is 2. The molecule has 5 rings (SSSR count). The van der Waals surface area contributed by atoms with Gasteiger partial charge >= 0.3 is 0 Å². The molecular formula is C28H29N3O2. The number of nitrogens with zero attached hydrogens (tertiary/aromatic N) is 1. The van der Waals surface area contributed by atoms with E-state index < -0.39 is 0 Å². The molecule has 1 aliphatic carbocycles.